The van der Waals surface area contributed by atoms with Crippen LogP contribution >= 0.6 is 12.2 Å². The Bertz CT molecular complexity index is 489. The van der Waals surface area contributed by atoms with E-state index < -0.39 is 0 Å². The first-order chi connectivity index (χ1) is 9.43. The van der Waals surface area contributed by atoms with Gasteiger partial charge in [-0.1, -0.05) is 39.9 Å². The Morgan fingerprint density at radius 2 is 1.80 bits per heavy atom. The first-order valence-electron chi connectivity index (χ1n) is 7.70. The van der Waals surface area contributed by atoms with Crippen molar-refractivity contribution in [2.75, 3.05) is 38.1 Å². The Hall–Kier alpha value is -0.740. The summed E-state index contributed by atoms with van der Waals surface area (Å²) in [5, 5.41) is 0. The topological polar surface area (TPSA) is 23.6 Å². The zero-order valence-electron chi connectivity index (χ0n) is 13.5. The van der Waals surface area contributed by atoms with Crippen molar-refractivity contribution in [3.05, 3.63) is 20.3 Å². The van der Waals surface area contributed by atoms with Crippen LogP contribution in [0, 0.1) is 4.51 Å². The largest absolute Gasteiger partial charge is 0.373 e. The van der Waals surface area contributed by atoms with Crippen molar-refractivity contribution in [2.24, 2.45) is 0 Å². The molecule has 0 amide bonds. The number of nitrogens with zero attached hydrogens (tertiary/aromatic N) is 2. The molecule has 20 heavy (non-hydrogen) atoms. The molecule has 0 aliphatic carbocycles. The highest BCUT2D eigenvalue weighted by Gasteiger charge is 2.22. The van der Waals surface area contributed by atoms with Gasteiger partial charge in [-0.05, 0) is 38.4 Å². The highest BCUT2D eigenvalue weighted by molar-refractivity contribution is 7.71. The van der Waals surface area contributed by atoms with E-state index in [4.69, 9.17) is 12.2 Å². The third-order valence-corrected chi connectivity index (χ3v) is 4.21. The van der Waals surface area contributed by atoms with E-state index in [1.54, 1.807) is 0 Å². The van der Waals surface area contributed by atoms with Crippen molar-refractivity contribution < 1.29 is 0 Å². The second-order valence-corrected chi connectivity index (χ2v) is 6.19. The zero-order valence-corrected chi connectivity index (χ0v) is 14.3. The average molecular weight is 296 g/mol. The minimum absolute atomic E-state index is 0.0815. The lowest BCUT2D eigenvalue weighted by molar-refractivity contribution is 0.286. The van der Waals surface area contributed by atoms with Crippen LogP contribution in [0.2, 0.25) is 0 Å². The summed E-state index contributed by atoms with van der Waals surface area (Å²) < 4.78 is 0.525. The molecule has 0 bridgehead atoms. The number of hydrogen-bond donors (Lipinski definition) is 0. The van der Waals surface area contributed by atoms with Gasteiger partial charge in [0.15, 0.2) is 0 Å². The molecule has 1 aromatic carbocycles. The van der Waals surface area contributed by atoms with Crippen molar-refractivity contribution in [1.29, 1.82) is 0 Å². The van der Waals surface area contributed by atoms with Crippen LogP contribution in [0.5, 0.6) is 0 Å². The molecule has 0 aliphatic rings. The number of hydrogen-bond acceptors (Lipinski definition) is 4. The van der Waals surface area contributed by atoms with E-state index in [0.29, 0.717) is 4.51 Å². The third kappa shape index (κ3) is 3.89. The van der Waals surface area contributed by atoms with E-state index in [1.165, 1.54) is 6.42 Å². The molecule has 0 unspecified atom stereocenters. The van der Waals surface area contributed by atoms with Crippen molar-refractivity contribution >= 4 is 17.9 Å². The molecule has 114 valence electrons. The highest BCUT2D eigenvalue weighted by Crippen LogP contribution is 2.28. The summed E-state index contributed by atoms with van der Waals surface area (Å²) in [7, 11) is 2.05. The standard InChI is InChI=1S/C16H28N2OS/c1-6-9-18(7-2)11-8-10-17(5)14-13(12(3)4)15(19)16(14)20/h12H,6-11H2,1-5H3. The average Bonchev–Trinajstić information content (AvgIpc) is 2.41. The van der Waals surface area contributed by atoms with Gasteiger partial charge in [-0.15, -0.1) is 0 Å². The predicted molar refractivity (Wildman–Crippen MR) is 90.3 cm³/mol. The highest BCUT2D eigenvalue weighted by atomic mass is 32.1. The molecule has 0 N–H and O–H groups in total. The Kier molecular flexibility index (Phi) is 6.83. The fourth-order valence-corrected chi connectivity index (χ4v) is 3.08. The van der Waals surface area contributed by atoms with Gasteiger partial charge in [-0.25, -0.2) is 0 Å². The van der Waals surface area contributed by atoms with Gasteiger partial charge in [0, 0.05) is 19.2 Å². The van der Waals surface area contributed by atoms with Gasteiger partial charge < -0.3 is 9.80 Å². The van der Waals surface area contributed by atoms with Crippen LogP contribution in [-0.2, 0) is 0 Å². The first kappa shape index (κ1) is 17.3. The SMILES string of the molecule is CCCN(CC)CCCN(C)c1c(C(C)C)c(=O)c1=S. The third-order valence-electron chi connectivity index (χ3n) is 3.84. The lowest BCUT2D eigenvalue weighted by atomic mass is 9.96. The molecular weight excluding hydrogens is 268 g/mol. The first-order valence-corrected chi connectivity index (χ1v) is 8.11. The summed E-state index contributed by atoms with van der Waals surface area (Å²) in [4.78, 5) is 16.4. The fraction of sp³-hybridized carbons (Fsp3) is 0.750. The molecule has 0 saturated heterocycles. The normalized spacial score (nSPS) is 11.8. The summed E-state index contributed by atoms with van der Waals surface area (Å²) in [5.74, 6) is 0.263. The van der Waals surface area contributed by atoms with Gasteiger partial charge in [-0.3, -0.25) is 4.79 Å². The predicted octanol–water partition coefficient (Wildman–Crippen LogP) is 3.33. The van der Waals surface area contributed by atoms with Crippen LogP contribution < -0.4 is 10.3 Å². The van der Waals surface area contributed by atoms with Crippen molar-refractivity contribution in [3.63, 3.8) is 0 Å². The summed E-state index contributed by atoms with van der Waals surface area (Å²) in [6.07, 6.45) is 2.31. The Labute approximate surface area is 128 Å². The number of anilines is 1. The van der Waals surface area contributed by atoms with Gasteiger partial charge in [0.05, 0.1) is 5.69 Å². The second-order valence-electron chi connectivity index (χ2n) is 5.78. The molecule has 0 aliphatic heterocycles. The van der Waals surface area contributed by atoms with Crippen LogP contribution in [0.4, 0.5) is 5.69 Å². The minimum Gasteiger partial charge on any atom is -0.373 e. The maximum atomic E-state index is 11.8. The van der Waals surface area contributed by atoms with E-state index in [0.717, 1.165) is 43.9 Å². The molecule has 0 heterocycles. The summed E-state index contributed by atoms with van der Waals surface area (Å²) in [5.41, 5.74) is 2.01. The molecule has 1 rings (SSSR count). The molecule has 0 saturated carbocycles. The van der Waals surface area contributed by atoms with E-state index >= 15 is 0 Å². The maximum Gasteiger partial charge on any atom is 0.204 e. The molecule has 0 radical (unpaired) electrons. The van der Waals surface area contributed by atoms with Crippen LogP contribution in [0.3, 0.4) is 0 Å². The summed E-state index contributed by atoms with van der Waals surface area (Å²) in [6, 6.07) is 0. The summed E-state index contributed by atoms with van der Waals surface area (Å²) >= 11 is 5.21. The maximum absolute atomic E-state index is 11.8. The van der Waals surface area contributed by atoms with Gasteiger partial charge in [0.2, 0.25) is 5.43 Å². The Morgan fingerprint density at radius 3 is 2.30 bits per heavy atom. The molecule has 0 aromatic heterocycles. The lowest BCUT2D eigenvalue weighted by Gasteiger charge is -2.27. The van der Waals surface area contributed by atoms with Crippen molar-refractivity contribution in [2.45, 2.75) is 46.5 Å². The fourth-order valence-electron chi connectivity index (χ4n) is 2.70. The van der Waals surface area contributed by atoms with E-state index in [1.807, 2.05) is 7.05 Å². The van der Waals surface area contributed by atoms with E-state index in [2.05, 4.69) is 37.5 Å². The lowest BCUT2D eigenvalue weighted by Crippen LogP contribution is -2.32. The van der Waals surface area contributed by atoms with Crippen molar-refractivity contribution in [1.82, 2.24) is 4.90 Å². The molecule has 1 aromatic rings. The molecule has 0 atom stereocenters. The van der Waals surface area contributed by atoms with Crippen LogP contribution in [0.15, 0.2) is 4.79 Å². The van der Waals surface area contributed by atoms with Gasteiger partial charge in [0.25, 0.3) is 0 Å². The Morgan fingerprint density at radius 1 is 1.15 bits per heavy atom. The van der Waals surface area contributed by atoms with Crippen LogP contribution in [-0.4, -0.2) is 38.1 Å². The van der Waals surface area contributed by atoms with Gasteiger partial charge >= 0.3 is 0 Å². The molecule has 3 nitrogen and oxygen atoms in total. The van der Waals surface area contributed by atoms with Gasteiger partial charge in [0.1, 0.15) is 4.51 Å². The number of rotatable bonds is 9. The quantitative estimate of drug-likeness (QED) is 0.652. The molecule has 0 spiro atoms. The van der Waals surface area contributed by atoms with E-state index in [9.17, 15) is 4.79 Å². The summed E-state index contributed by atoms with van der Waals surface area (Å²) in [6.45, 7) is 12.9. The smallest absolute Gasteiger partial charge is 0.204 e. The second kappa shape index (κ2) is 7.89. The van der Waals surface area contributed by atoms with E-state index in [-0.39, 0.29) is 11.3 Å². The van der Waals surface area contributed by atoms with Crippen molar-refractivity contribution in [3.8, 4) is 0 Å². The Balaban J connectivity index is 2.56. The zero-order chi connectivity index (χ0) is 15.3. The monoisotopic (exact) mass is 296 g/mol. The van der Waals surface area contributed by atoms with Gasteiger partial charge in [-0.2, -0.15) is 0 Å². The molecular formula is C16H28N2OS. The molecule has 4 heteroatoms. The molecule has 0 fully saturated rings. The van der Waals surface area contributed by atoms with Crippen LogP contribution in [0.25, 0.3) is 0 Å². The minimum atomic E-state index is 0.0815. The van der Waals surface area contributed by atoms with Crippen LogP contribution in [0.1, 0.15) is 52.0 Å².